The van der Waals surface area contributed by atoms with E-state index in [1.165, 1.54) is 0 Å². The second-order valence-electron chi connectivity index (χ2n) is 6.91. The summed E-state index contributed by atoms with van der Waals surface area (Å²) in [5.41, 5.74) is 3.22. The van der Waals surface area contributed by atoms with Gasteiger partial charge in [0.05, 0.1) is 25.0 Å². The number of nitrogens with one attached hydrogen (secondary N) is 1. The van der Waals surface area contributed by atoms with Crippen molar-refractivity contribution in [1.29, 1.82) is 0 Å². The SMILES string of the molecule is Cc1ccc2c(CC(=O)Nc3nc(C)c(C(=O)OCC(C)C)s3)coc2c1. The Kier molecular flexibility index (Phi) is 5.60. The van der Waals surface area contributed by atoms with Crippen LogP contribution in [0.1, 0.15) is 40.3 Å². The topological polar surface area (TPSA) is 81.4 Å². The second kappa shape index (κ2) is 7.92. The Labute approximate surface area is 161 Å². The molecule has 142 valence electrons. The van der Waals surface area contributed by atoms with Crippen LogP contribution in [-0.4, -0.2) is 23.5 Å². The minimum absolute atomic E-state index is 0.168. The minimum Gasteiger partial charge on any atom is -0.464 e. The van der Waals surface area contributed by atoms with Gasteiger partial charge in [0, 0.05) is 10.9 Å². The summed E-state index contributed by atoms with van der Waals surface area (Å²) in [7, 11) is 0. The summed E-state index contributed by atoms with van der Waals surface area (Å²) in [6.45, 7) is 8.01. The van der Waals surface area contributed by atoms with Crippen LogP contribution in [0, 0.1) is 19.8 Å². The van der Waals surface area contributed by atoms with E-state index in [0.717, 1.165) is 33.4 Å². The highest BCUT2D eigenvalue weighted by atomic mass is 32.1. The number of thiazole rings is 1. The van der Waals surface area contributed by atoms with E-state index in [9.17, 15) is 9.59 Å². The third kappa shape index (κ3) is 4.54. The second-order valence-corrected chi connectivity index (χ2v) is 7.91. The number of carbonyl (C=O) groups is 2. The van der Waals surface area contributed by atoms with Crippen LogP contribution in [0.3, 0.4) is 0 Å². The predicted octanol–water partition coefficient (Wildman–Crippen LogP) is 4.50. The normalized spacial score (nSPS) is 11.1. The standard InChI is InChI=1S/C20H22N2O4S/c1-11(2)9-26-19(24)18-13(4)21-20(27-18)22-17(23)8-14-10-25-16-7-12(3)5-6-15(14)16/h5-7,10-11H,8-9H2,1-4H3,(H,21,22,23). The van der Waals surface area contributed by atoms with E-state index in [0.29, 0.717) is 22.3 Å². The van der Waals surface area contributed by atoms with Gasteiger partial charge in [0.25, 0.3) is 0 Å². The smallest absolute Gasteiger partial charge is 0.350 e. The third-order valence-corrected chi connectivity index (χ3v) is 4.99. The number of esters is 1. The number of amides is 1. The first-order chi connectivity index (χ1) is 12.8. The van der Waals surface area contributed by atoms with Gasteiger partial charge in [-0.3, -0.25) is 4.79 Å². The van der Waals surface area contributed by atoms with Gasteiger partial charge in [0.15, 0.2) is 5.13 Å². The van der Waals surface area contributed by atoms with Gasteiger partial charge in [-0.1, -0.05) is 37.3 Å². The number of nitrogens with zero attached hydrogens (tertiary/aromatic N) is 1. The van der Waals surface area contributed by atoms with E-state index < -0.39 is 5.97 Å². The summed E-state index contributed by atoms with van der Waals surface area (Å²) >= 11 is 1.12. The molecule has 0 unspecified atom stereocenters. The Morgan fingerprint density at radius 1 is 1.30 bits per heavy atom. The van der Waals surface area contributed by atoms with E-state index in [1.807, 2.05) is 39.0 Å². The maximum absolute atomic E-state index is 12.4. The quantitative estimate of drug-likeness (QED) is 0.631. The van der Waals surface area contributed by atoms with Crippen LogP contribution >= 0.6 is 11.3 Å². The lowest BCUT2D eigenvalue weighted by Gasteiger charge is -2.05. The number of ether oxygens (including phenoxy) is 1. The molecular weight excluding hydrogens is 364 g/mol. The molecule has 3 aromatic rings. The maximum atomic E-state index is 12.4. The fourth-order valence-corrected chi connectivity index (χ4v) is 3.49. The summed E-state index contributed by atoms with van der Waals surface area (Å²) < 4.78 is 10.8. The van der Waals surface area contributed by atoms with Gasteiger partial charge in [0.1, 0.15) is 10.5 Å². The summed E-state index contributed by atoms with van der Waals surface area (Å²) in [4.78, 5) is 29.2. The number of benzene rings is 1. The number of rotatable bonds is 6. The van der Waals surface area contributed by atoms with Gasteiger partial charge in [-0.25, -0.2) is 9.78 Å². The first-order valence-electron chi connectivity index (χ1n) is 8.74. The molecule has 2 aromatic heterocycles. The van der Waals surface area contributed by atoms with Crippen molar-refractivity contribution >= 4 is 39.3 Å². The molecule has 7 heteroatoms. The van der Waals surface area contributed by atoms with Crippen molar-refractivity contribution in [2.24, 2.45) is 5.92 Å². The van der Waals surface area contributed by atoms with Crippen molar-refractivity contribution < 1.29 is 18.7 Å². The van der Waals surface area contributed by atoms with Crippen molar-refractivity contribution in [1.82, 2.24) is 4.98 Å². The molecule has 0 saturated carbocycles. The van der Waals surface area contributed by atoms with Gasteiger partial charge in [-0.05, 0) is 31.4 Å². The molecule has 0 atom stereocenters. The maximum Gasteiger partial charge on any atom is 0.350 e. The van der Waals surface area contributed by atoms with Gasteiger partial charge in [-0.2, -0.15) is 0 Å². The van der Waals surface area contributed by atoms with Crippen LogP contribution in [0.25, 0.3) is 11.0 Å². The lowest BCUT2D eigenvalue weighted by atomic mass is 10.1. The molecule has 3 rings (SSSR count). The molecule has 1 aromatic carbocycles. The molecule has 1 N–H and O–H groups in total. The first kappa shape index (κ1) is 19.1. The number of furan rings is 1. The highest BCUT2D eigenvalue weighted by Crippen LogP contribution is 2.25. The van der Waals surface area contributed by atoms with Crippen molar-refractivity contribution in [2.45, 2.75) is 34.1 Å². The van der Waals surface area contributed by atoms with Gasteiger partial charge in [0.2, 0.25) is 5.91 Å². The fraction of sp³-hybridized carbons (Fsp3) is 0.350. The number of aryl methyl sites for hydroxylation is 2. The number of anilines is 1. The Balaban J connectivity index is 1.67. The molecule has 0 bridgehead atoms. The molecule has 1 amide bonds. The third-order valence-electron chi connectivity index (χ3n) is 3.94. The highest BCUT2D eigenvalue weighted by molar-refractivity contribution is 7.17. The Bertz CT molecular complexity index is 987. The minimum atomic E-state index is -0.407. The van der Waals surface area contributed by atoms with Gasteiger partial charge in [-0.15, -0.1) is 0 Å². The number of fused-ring (bicyclic) bond motifs is 1. The molecule has 0 radical (unpaired) electrons. The highest BCUT2D eigenvalue weighted by Gasteiger charge is 2.19. The zero-order valence-electron chi connectivity index (χ0n) is 15.8. The van der Waals surface area contributed by atoms with Crippen LogP contribution in [0.15, 0.2) is 28.9 Å². The first-order valence-corrected chi connectivity index (χ1v) is 9.56. The average Bonchev–Trinajstić information content (AvgIpc) is 3.15. The zero-order chi connectivity index (χ0) is 19.6. The molecule has 0 aliphatic rings. The van der Waals surface area contributed by atoms with Crippen molar-refractivity contribution in [3.8, 4) is 0 Å². The monoisotopic (exact) mass is 386 g/mol. The Hall–Kier alpha value is -2.67. The van der Waals surface area contributed by atoms with E-state index in [2.05, 4.69) is 10.3 Å². The average molecular weight is 386 g/mol. The van der Waals surface area contributed by atoms with Crippen LogP contribution < -0.4 is 5.32 Å². The van der Waals surface area contributed by atoms with Crippen molar-refractivity contribution in [2.75, 3.05) is 11.9 Å². The summed E-state index contributed by atoms with van der Waals surface area (Å²) in [5, 5.41) is 4.06. The number of hydrogen-bond acceptors (Lipinski definition) is 6. The van der Waals surface area contributed by atoms with Crippen LogP contribution in [0.5, 0.6) is 0 Å². The lowest BCUT2D eigenvalue weighted by Crippen LogP contribution is -2.14. The van der Waals surface area contributed by atoms with E-state index in [1.54, 1.807) is 13.2 Å². The summed E-state index contributed by atoms with van der Waals surface area (Å²) in [6.07, 6.45) is 1.77. The van der Waals surface area contributed by atoms with Gasteiger partial charge >= 0.3 is 5.97 Å². The number of hydrogen-bond donors (Lipinski definition) is 1. The molecule has 0 aliphatic heterocycles. The fourth-order valence-electron chi connectivity index (χ4n) is 2.61. The Morgan fingerprint density at radius 3 is 2.81 bits per heavy atom. The van der Waals surface area contributed by atoms with Crippen LogP contribution in [-0.2, 0) is 16.0 Å². The molecule has 0 spiro atoms. The number of aromatic nitrogens is 1. The molecule has 0 saturated heterocycles. The molecule has 2 heterocycles. The van der Waals surface area contributed by atoms with Gasteiger partial charge < -0.3 is 14.5 Å². The lowest BCUT2D eigenvalue weighted by molar-refractivity contribution is -0.115. The molecule has 27 heavy (non-hydrogen) atoms. The molecule has 6 nitrogen and oxygen atoms in total. The van der Waals surface area contributed by atoms with Crippen LogP contribution in [0.4, 0.5) is 5.13 Å². The summed E-state index contributed by atoms with van der Waals surface area (Å²) in [6, 6.07) is 5.88. The zero-order valence-corrected chi connectivity index (χ0v) is 16.6. The molecular formula is C20H22N2O4S. The number of carbonyl (C=O) groups excluding carboxylic acids is 2. The van der Waals surface area contributed by atoms with Crippen LogP contribution in [0.2, 0.25) is 0 Å². The van der Waals surface area contributed by atoms with E-state index in [4.69, 9.17) is 9.15 Å². The van der Waals surface area contributed by atoms with Crippen molar-refractivity contribution in [3.05, 3.63) is 46.2 Å². The van der Waals surface area contributed by atoms with E-state index in [-0.39, 0.29) is 18.2 Å². The molecule has 0 fully saturated rings. The van der Waals surface area contributed by atoms with Crippen molar-refractivity contribution in [3.63, 3.8) is 0 Å². The molecule has 0 aliphatic carbocycles. The largest absolute Gasteiger partial charge is 0.464 e. The Morgan fingerprint density at radius 2 is 2.07 bits per heavy atom. The summed E-state index contributed by atoms with van der Waals surface area (Å²) in [5.74, 6) is -0.362. The van der Waals surface area contributed by atoms with E-state index >= 15 is 0 Å². The predicted molar refractivity (Wildman–Crippen MR) is 105 cm³/mol.